The molecule has 222 valence electrons. The molecule has 0 unspecified atom stereocenters. The van der Waals surface area contributed by atoms with Gasteiger partial charge in [-0.05, 0) is 48.8 Å². The third-order valence-electron chi connectivity index (χ3n) is 8.11. The Balaban J connectivity index is 1.78. The number of nitrogens with one attached hydrogen (secondary N) is 1. The molecule has 1 aliphatic carbocycles. The van der Waals surface area contributed by atoms with Gasteiger partial charge in [-0.2, -0.15) is 13.2 Å². The second-order valence-electron chi connectivity index (χ2n) is 12.0. The molecule has 3 rings (SSSR count). The molecule has 1 aliphatic heterocycles. The molecule has 0 spiro atoms. The third kappa shape index (κ3) is 7.67. The van der Waals surface area contributed by atoms with Crippen LogP contribution in [-0.4, -0.2) is 36.3 Å². The zero-order valence-corrected chi connectivity index (χ0v) is 24.2. The van der Waals surface area contributed by atoms with E-state index in [1.807, 2.05) is 6.08 Å². The number of piperidine rings is 1. The van der Waals surface area contributed by atoms with Gasteiger partial charge in [0, 0.05) is 31.1 Å². The van der Waals surface area contributed by atoms with Crippen LogP contribution in [0.15, 0.2) is 36.0 Å². The maximum absolute atomic E-state index is 13.8. The largest absolute Gasteiger partial charge is 0.468 e. The Kier molecular flexibility index (Phi) is 10.5. The van der Waals surface area contributed by atoms with E-state index in [0.717, 1.165) is 50.7 Å². The van der Waals surface area contributed by atoms with Crippen LogP contribution in [0, 0.1) is 16.7 Å². The van der Waals surface area contributed by atoms with Gasteiger partial charge < -0.3 is 15.0 Å². The van der Waals surface area contributed by atoms with Crippen LogP contribution >= 0.6 is 0 Å². The molecule has 2 amide bonds. The van der Waals surface area contributed by atoms with Gasteiger partial charge in [0.2, 0.25) is 11.8 Å². The second kappa shape index (κ2) is 13.2. The molecule has 1 heterocycles. The summed E-state index contributed by atoms with van der Waals surface area (Å²) < 4.78 is 44.5. The number of fused-ring (bicyclic) bond motifs is 1. The normalized spacial score (nSPS) is 22.4. The minimum atomic E-state index is -4.48. The van der Waals surface area contributed by atoms with Crippen molar-refractivity contribution in [3.8, 4) is 0 Å². The number of alkyl halides is 3. The Morgan fingerprint density at radius 1 is 1.12 bits per heavy atom. The van der Waals surface area contributed by atoms with Gasteiger partial charge in [-0.1, -0.05) is 71.1 Å². The van der Waals surface area contributed by atoms with Crippen LogP contribution in [-0.2, 0) is 31.8 Å². The predicted molar refractivity (Wildman–Crippen MR) is 147 cm³/mol. The first-order chi connectivity index (χ1) is 18.8. The van der Waals surface area contributed by atoms with Gasteiger partial charge in [0.25, 0.3) is 0 Å². The Morgan fingerprint density at radius 3 is 2.50 bits per heavy atom. The van der Waals surface area contributed by atoms with Crippen LogP contribution in [0.25, 0.3) is 0 Å². The smallest absolute Gasteiger partial charge is 0.416 e. The summed E-state index contributed by atoms with van der Waals surface area (Å²) in [5, 5.41) is 2.67. The fourth-order valence-electron chi connectivity index (χ4n) is 6.19. The summed E-state index contributed by atoms with van der Waals surface area (Å²) in [6, 6.07) is 4.79. The maximum atomic E-state index is 13.8. The van der Waals surface area contributed by atoms with E-state index < -0.39 is 34.9 Å². The summed E-state index contributed by atoms with van der Waals surface area (Å²) in [5.41, 5.74) is -1.00. The molecule has 2 aliphatic rings. The van der Waals surface area contributed by atoms with Crippen LogP contribution in [0.2, 0.25) is 0 Å². The molecule has 9 heteroatoms. The molecule has 1 N–H and O–H groups in total. The lowest BCUT2D eigenvalue weighted by atomic mass is 9.59. The van der Waals surface area contributed by atoms with Gasteiger partial charge in [0.15, 0.2) is 0 Å². The zero-order valence-electron chi connectivity index (χ0n) is 24.2. The number of benzene rings is 1. The van der Waals surface area contributed by atoms with E-state index in [1.54, 1.807) is 4.90 Å². The number of hydrogen-bond acceptors (Lipinski definition) is 4. The number of ether oxygens (including phenoxy) is 1. The molecular weight excluding hydrogens is 521 g/mol. The number of carbonyl (C=O) groups is 3. The topological polar surface area (TPSA) is 75.7 Å². The highest BCUT2D eigenvalue weighted by Crippen LogP contribution is 2.54. The molecule has 40 heavy (non-hydrogen) atoms. The summed E-state index contributed by atoms with van der Waals surface area (Å²) in [6.07, 6.45) is 5.05. The predicted octanol–water partition coefficient (Wildman–Crippen LogP) is 6.78. The Hall–Kier alpha value is -2.84. The van der Waals surface area contributed by atoms with E-state index in [9.17, 15) is 27.6 Å². The van der Waals surface area contributed by atoms with Crippen molar-refractivity contribution in [2.24, 2.45) is 16.7 Å². The van der Waals surface area contributed by atoms with E-state index in [2.05, 4.69) is 26.1 Å². The minimum Gasteiger partial charge on any atom is -0.468 e. The van der Waals surface area contributed by atoms with Crippen molar-refractivity contribution in [2.75, 3.05) is 13.7 Å². The third-order valence-corrected chi connectivity index (χ3v) is 8.11. The fraction of sp³-hybridized carbons (Fsp3) is 0.645. The van der Waals surface area contributed by atoms with Gasteiger partial charge in [-0.3, -0.25) is 14.4 Å². The van der Waals surface area contributed by atoms with Crippen molar-refractivity contribution >= 4 is 17.8 Å². The van der Waals surface area contributed by atoms with E-state index in [0.29, 0.717) is 24.2 Å². The summed E-state index contributed by atoms with van der Waals surface area (Å²) in [4.78, 5) is 41.8. The molecule has 1 fully saturated rings. The SMILES string of the molecule is CCCCCCCCN1C(=O)[C@H](CC(=O)NCc2cccc(C(F)(F)F)c2)C[C@@]2(C(=O)OC)CC(C)(C)CC=C12. The van der Waals surface area contributed by atoms with E-state index in [-0.39, 0.29) is 30.7 Å². The number of methoxy groups -OCH3 is 1. The van der Waals surface area contributed by atoms with Crippen molar-refractivity contribution in [3.05, 3.63) is 47.2 Å². The fourth-order valence-corrected chi connectivity index (χ4v) is 6.19. The van der Waals surface area contributed by atoms with Crippen molar-refractivity contribution < 1.29 is 32.3 Å². The van der Waals surface area contributed by atoms with E-state index in [1.165, 1.54) is 25.7 Å². The molecule has 1 aromatic rings. The summed E-state index contributed by atoms with van der Waals surface area (Å²) in [7, 11) is 1.35. The number of esters is 1. The molecule has 0 radical (unpaired) electrons. The summed E-state index contributed by atoms with van der Waals surface area (Å²) in [6.45, 7) is 6.70. The second-order valence-corrected chi connectivity index (χ2v) is 12.0. The highest BCUT2D eigenvalue weighted by molar-refractivity contribution is 5.92. The molecule has 2 atom stereocenters. The highest BCUT2D eigenvalue weighted by Gasteiger charge is 2.57. The van der Waals surface area contributed by atoms with Crippen LogP contribution in [0.5, 0.6) is 0 Å². The lowest BCUT2D eigenvalue weighted by molar-refractivity contribution is -0.162. The highest BCUT2D eigenvalue weighted by atomic mass is 19.4. The quantitative estimate of drug-likeness (QED) is 0.224. The van der Waals surface area contributed by atoms with Gasteiger partial charge in [-0.25, -0.2) is 0 Å². The number of carbonyl (C=O) groups excluding carboxylic acids is 3. The first kappa shape index (κ1) is 31.7. The standard InChI is InChI=1S/C31H43F3N2O4/c1-5-6-7-8-9-10-16-36-25-14-15-29(2,3)21-30(25,28(39)40-4)19-23(27(36)38)18-26(37)35-20-22-12-11-13-24(17-22)31(32,33)34/h11-14,17,23H,5-10,15-16,18-21H2,1-4H3,(H,35,37)/t23-,30-/m1/s1. The number of allylic oxidation sites excluding steroid dienone is 1. The average molecular weight is 565 g/mol. The molecular formula is C31H43F3N2O4. The Morgan fingerprint density at radius 2 is 1.82 bits per heavy atom. The van der Waals surface area contributed by atoms with Gasteiger partial charge in [0.05, 0.1) is 12.7 Å². The van der Waals surface area contributed by atoms with Crippen LogP contribution < -0.4 is 5.32 Å². The first-order valence-corrected chi connectivity index (χ1v) is 14.4. The first-order valence-electron chi connectivity index (χ1n) is 14.4. The Bertz CT molecular complexity index is 1100. The number of unbranched alkanes of at least 4 members (excludes halogenated alkanes) is 5. The lowest BCUT2D eigenvalue weighted by Gasteiger charge is -2.51. The molecule has 1 saturated heterocycles. The van der Waals surface area contributed by atoms with Gasteiger partial charge in [0.1, 0.15) is 5.41 Å². The molecule has 6 nitrogen and oxygen atoms in total. The summed E-state index contributed by atoms with van der Waals surface area (Å²) >= 11 is 0. The van der Waals surface area contributed by atoms with Crippen molar-refractivity contribution in [1.29, 1.82) is 0 Å². The van der Waals surface area contributed by atoms with Crippen LogP contribution in [0.3, 0.4) is 0 Å². The van der Waals surface area contributed by atoms with Gasteiger partial charge >= 0.3 is 12.1 Å². The van der Waals surface area contributed by atoms with E-state index >= 15 is 0 Å². The van der Waals surface area contributed by atoms with E-state index in [4.69, 9.17) is 4.74 Å². The molecule has 1 aromatic carbocycles. The molecule has 0 aromatic heterocycles. The number of nitrogens with zero attached hydrogens (tertiary/aromatic N) is 1. The van der Waals surface area contributed by atoms with Crippen LogP contribution in [0.4, 0.5) is 13.2 Å². The minimum absolute atomic E-state index is 0.0918. The summed E-state index contributed by atoms with van der Waals surface area (Å²) in [5.74, 6) is -1.78. The van der Waals surface area contributed by atoms with Gasteiger partial charge in [-0.15, -0.1) is 0 Å². The maximum Gasteiger partial charge on any atom is 0.416 e. The number of likely N-dealkylation sites (tertiary alicyclic amines) is 1. The van der Waals surface area contributed by atoms with Crippen molar-refractivity contribution in [3.63, 3.8) is 0 Å². The monoisotopic (exact) mass is 564 g/mol. The van der Waals surface area contributed by atoms with Crippen molar-refractivity contribution in [1.82, 2.24) is 10.2 Å². The number of halogens is 3. The van der Waals surface area contributed by atoms with Crippen LogP contribution in [0.1, 0.15) is 96.1 Å². The van der Waals surface area contributed by atoms with Crippen molar-refractivity contribution in [2.45, 2.75) is 97.7 Å². The molecule has 0 saturated carbocycles. The molecule has 0 bridgehead atoms. The number of rotatable bonds is 12. The Labute approximate surface area is 235 Å². The number of hydrogen-bond donors (Lipinski definition) is 1. The zero-order chi connectivity index (χ0) is 29.6. The lowest BCUT2D eigenvalue weighted by Crippen LogP contribution is -2.56. The average Bonchev–Trinajstić information content (AvgIpc) is 2.90. The number of amides is 2.